The number of amides is 1. The number of aromatic nitrogens is 2. The molecule has 0 aliphatic carbocycles. The molecule has 0 radical (unpaired) electrons. The molecule has 0 atom stereocenters. The molecule has 3 rings (SSSR count). The number of benzene rings is 2. The topological polar surface area (TPSA) is 93.1 Å². The third kappa shape index (κ3) is 5.25. The predicted molar refractivity (Wildman–Crippen MR) is 103 cm³/mol. The lowest BCUT2D eigenvalue weighted by molar-refractivity contribution is 0.0943. The van der Waals surface area contributed by atoms with Gasteiger partial charge in [-0.05, 0) is 29.3 Å². The van der Waals surface area contributed by atoms with E-state index < -0.39 is 10.0 Å². The summed E-state index contributed by atoms with van der Waals surface area (Å²) in [7, 11) is -3.25. The zero-order valence-electron chi connectivity index (χ0n) is 14.8. The highest BCUT2D eigenvalue weighted by Crippen LogP contribution is 2.11. The molecule has 1 aromatic heterocycles. The minimum Gasteiger partial charge on any atom is -0.347 e. The molecule has 2 N–H and O–H groups in total. The minimum atomic E-state index is -3.25. The molecule has 0 aliphatic heterocycles. The Morgan fingerprint density at radius 3 is 2.41 bits per heavy atom. The third-order valence-electron chi connectivity index (χ3n) is 3.86. The second-order valence-electron chi connectivity index (χ2n) is 6.06. The van der Waals surface area contributed by atoms with Gasteiger partial charge in [-0.25, -0.2) is 17.8 Å². The average molecular weight is 384 g/mol. The number of rotatable bonds is 7. The quantitative estimate of drug-likeness (QED) is 0.650. The molecule has 0 fully saturated rings. The maximum atomic E-state index is 12.6. The lowest BCUT2D eigenvalue weighted by Crippen LogP contribution is -2.25. The van der Waals surface area contributed by atoms with Gasteiger partial charge >= 0.3 is 0 Å². The molecule has 27 heavy (non-hydrogen) atoms. The van der Waals surface area contributed by atoms with Crippen LogP contribution in [0.15, 0.2) is 66.9 Å². The first-order chi connectivity index (χ1) is 12.9. The third-order valence-corrected chi connectivity index (χ3v) is 4.53. The maximum Gasteiger partial charge on any atom is 0.270 e. The van der Waals surface area contributed by atoms with Crippen LogP contribution in [0.3, 0.4) is 0 Å². The van der Waals surface area contributed by atoms with Crippen molar-refractivity contribution in [3.05, 3.63) is 83.7 Å². The molecule has 0 unspecified atom stereocenters. The number of sulfonamides is 1. The molecular weight excluding hydrogens is 364 g/mol. The van der Waals surface area contributed by atoms with Crippen LogP contribution < -0.4 is 10.0 Å². The van der Waals surface area contributed by atoms with Crippen molar-refractivity contribution in [2.45, 2.75) is 13.1 Å². The van der Waals surface area contributed by atoms with Gasteiger partial charge in [0.1, 0.15) is 5.69 Å². The first-order valence-electron chi connectivity index (χ1n) is 8.32. The standard InChI is InChI=1S/C19H20N4O3S/c1-27(25,26)22-14-16-7-5-6-15(12-16)13-20-19(24)18-10-11-21-23(18)17-8-3-2-4-9-17/h2-12,22H,13-14H2,1H3,(H,20,24). The zero-order chi connectivity index (χ0) is 19.3. The Morgan fingerprint density at radius 2 is 1.70 bits per heavy atom. The summed E-state index contributed by atoms with van der Waals surface area (Å²) in [5, 5.41) is 7.09. The molecule has 0 bridgehead atoms. The van der Waals surface area contributed by atoms with Gasteiger partial charge in [-0.2, -0.15) is 5.10 Å². The highest BCUT2D eigenvalue weighted by Gasteiger charge is 2.13. The van der Waals surface area contributed by atoms with Gasteiger partial charge in [0.25, 0.3) is 5.91 Å². The van der Waals surface area contributed by atoms with E-state index in [4.69, 9.17) is 0 Å². The fraction of sp³-hybridized carbons (Fsp3) is 0.158. The van der Waals surface area contributed by atoms with Crippen molar-refractivity contribution in [1.29, 1.82) is 0 Å². The largest absolute Gasteiger partial charge is 0.347 e. The molecule has 2 aromatic carbocycles. The Balaban J connectivity index is 1.66. The van der Waals surface area contributed by atoms with Gasteiger partial charge in [0, 0.05) is 13.1 Å². The molecule has 0 aliphatic rings. The molecule has 3 aromatic rings. The Morgan fingerprint density at radius 1 is 1.00 bits per heavy atom. The Hall–Kier alpha value is -2.97. The normalized spacial score (nSPS) is 11.3. The molecule has 7 nitrogen and oxygen atoms in total. The Labute approximate surface area is 158 Å². The van der Waals surface area contributed by atoms with Crippen LogP contribution in [0.25, 0.3) is 5.69 Å². The summed E-state index contributed by atoms with van der Waals surface area (Å²) in [5.41, 5.74) is 2.95. The van der Waals surface area contributed by atoms with Crippen LogP contribution in [0.2, 0.25) is 0 Å². The lowest BCUT2D eigenvalue weighted by Gasteiger charge is -2.09. The van der Waals surface area contributed by atoms with Crippen molar-refractivity contribution in [2.24, 2.45) is 0 Å². The van der Waals surface area contributed by atoms with Crippen molar-refractivity contribution in [3.63, 3.8) is 0 Å². The lowest BCUT2D eigenvalue weighted by atomic mass is 10.1. The van der Waals surface area contributed by atoms with Gasteiger partial charge in [0.05, 0.1) is 18.1 Å². The van der Waals surface area contributed by atoms with Crippen molar-refractivity contribution < 1.29 is 13.2 Å². The summed E-state index contributed by atoms with van der Waals surface area (Å²) >= 11 is 0. The van der Waals surface area contributed by atoms with E-state index in [1.807, 2.05) is 54.6 Å². The minimum absolute atomic E-state index is 0.210. The number of nitrogens with one attached hydrogen (secondary N) is 2. The number of carbonyl (C=O) groups excluding carboxylic acids is 1. The maximum absolute atomic E-state index is 12.6. The van der Waals surface area contributed by atoms with E-state index in [-0.39, 0.29) is 12.5 Å². The van der Waals surface area contributed by atoms with Gasteiger partial charge in [-0.1, -0.05) is 42.5 Å². The van der Waals surface area contributed by atoms with E-state index in [1.165, 1.54) is 0 Å². The molecule has 1 heterocycles. The number of hydrogen-bond acceptors (Lipinski definition) is 4. The van der Waals surface area contributed by atoms with Gasteiger partial charge < -0.3 is 5.32 Å². The predicted octanol–water partition coefficient (Wildman–Crippen LogP) is 1.85. The fourth-order valence-electron chi connectivity index (χ4n) is 2.59. The molecule has 140 valence electrons. The highest BCUT2D eigenvalue weighted by atomic mass is 32.2. The Bertz CT molecular complexity index is 1030. The summed E-state index contributed by atoms with van der Waals surface area (Å²) in [4.78, 5) is 12.6. The van der Waals surface area contributed by atoms with Crippen LogP contribution in [0.1, 0.15) is 21.6 Å². The van der Waals surface area contributed by atoms with E-state index >= 15 is 0 Å². The van der Waals surface area contributed by atoms with Crippen molar-refractivity contribution in [2.75, 3.05) is 6.26 Å². The summed E-state index contributed by atoms with van der Waals surface area (Å²) < 4.78 is 26.5. The van der Waals surface area contributed by atoms with Crippen molar-refractivity contribution in [1.82, 2.24) is 19.8 Å². The summed E-state index contributed by atoms with van der Waals surface area (Å²) in [6.07, 6.45) is 2.70. The summed E-state index contributed by atoms with van der Waals surface area (Å²) in [6.45, 7) is 0.535. The van der Waals surface area contributed by atoms with Gasteiger partial charge in [-0.3, -0.25) is 4.79 Å². The average Bonchev–Trinajstić information content (AvgIpc) is 3.15. The van der Waals surface area contributed by atoms with E-state index in [2.05, 4.69) is 15.1 Å². The molecule has 8 heteroatoms. The van der Waals surface area contributed by atoms with Crippen LogP contribution in [0, 0.1) is 0 Å². The molecule has 0 saturated heterocycles. The number of para-hydroxylation sites is 1. The SMILES string of the molecule is CS(=O)(=O)NCc1cccc(CNC(=O)c2ccnn2-c2ccccc2)c1. The van der Waals surface area contributed by atoms with E-state index in [0.29, 0.717) is 12.2 Å². The number of hydrogen-bond donors (Lipinski definition) is 2. The monoisotopic (exact) mass is 384 g/mol. The van der Waals surface area contributed by atoms with Gasteiger partial charge in [-0.15, -0.1) is 0 Å². The fourth-order valence-corrected chi connectivity index (χ4v) is 3.02. The first-order valence-corrected chi connectivity index (χ1v) is 10.2. The first kappa shape index (κ1) is 18.8. The van der Waals surface area contributed by atoms with Gasteiger partial charge in [0.2, 0.25) is 10.0 Å². The number of carbonyl (C=O) groups is 1. The van der Waals surface area contributed by atoms with Crippen LogP contribution >= 0.6 is 0 Å². The van der Waals surface area contributed by atoms with Crippen molar-refractivity contribution in [3.8, 4) is 5.69 Å². The van der Waals surface area contributed by atoms with Crippen molar-refractivity contribution >= 4 is 15.9 Å². The van der Waals surface area contributed by atoms with E-state index in [9.17, 15) is 13.2 Å². The molecular formula is C19H20N4O3S. The van der Waals surface area contributed by atoms with Crippen LogP contribution in [0.4, 0.5) is 0 Å². The second kappa shape index (κ2) is 8.15. The summed E-state index contributed by atoms with van der Waals surface area (Å²) in [6, 6.07) is 18.5. The van der Waals surface area contributed by atoms with Crippen LogP contribution in [-0.4, -0.2) is 30.4 Å². The van der Waals surface area contributed by atoms with E-state index in [0.717, 1.165) is 23.1 Å². The zero-order valence-corrected chi connectivity index (χ0v) is 15.6. The van der Waals surface area contributed by atoms with Crippen LogP contribution in [-0.2, 0) is 23.1 Å². The van der Waals surface area contributed by atoms with Gasteiger partial charge in [0.15, 0.2) is 0 Å². The van der Waals surface area contributed by atoms with E-state index in [1.54, 1.807) is 16.9 Å². The number of nitrogens with zero attached hydrogens (tertiary/aromatic N) is 2. The highest BCUT2D eigenvalue weighted by molar-refractivity contribution is 7.88. The second-order valence-corrected chi connectivity index (χ2v) is 7.89. The molecule has 0 spiro atoms. The molecule has 0 saturated carbocycles. The Kier molecular flexibility index (Phi) is 5.68. The summed E-state index contributed by atoms with van der Waals surface area (Å²) in [5.74, 6) is -0.240. The smallest absolute Gasteiger partial charge is 0.270 e. The molecule has 1 amide bonds. The van der Waals surface area contributed by atoms with Crippen LogP contribution in [0.5, 0.6) is 0 Å².